The Morgan fingerprint density at radius 3 is 1.56 bits per heavy atom. The van der Waals surface area contributed by atoms with Crippen molar-refractivity contribution in [1.82, 2.24) is 19.9 Å². The molecule has 3 aromatic heterocycles. The van der Waals surface area contributed by atoms with Crippen LogP contribution in [0.3, 0.4) is 0 Å². The molecule has 0 aliphatic carbocycles. The van der Waals surface area contributed by atoms with Crippen LogP contribution in [-0.2, 0) is 0 Å². The first kappa shape index (κ1) is 29.5. The second-order valence-corrected chi connectivity index (χ2v) is 12.5. The van der Waals surface area contributed by atoms with Crippen molar-refractivity contribution in [1.29, 1.82) is 5.26 Å². The van der Waals surface area contributed by atoms with Crippen LogP contribution in [0, 0.1) is 11.3 Å². The Balaban J connectivity index is 1.10. The Kier molecular flexibility index (Phi) is 6.73. The Bertz CT molecular complexity index is 2960. The number of fused-ring (bicyclic) bond motifs is 6. The van der Waals surface area contributed by atoms with Gasteiger partial charge in [-0.05, 0) is 39.6 Å². The van der Waals surface area contributed by atoms with Gasteiger partial charge in [-0.1, -0.05) is 140 Å². The largest absolute Gasteiger partial charge is 0.454 e. The molecule has 0 fully saturated rings. The molecule has 0 unspecified atom stereocenters. The Morgan fingerprint density at radius 1 is 0.404 bits per heavy atom. The summed E-state index contributed by atoms with van der Waals surface area (Å²) in [5, 5.41) is 13.7. The van der Waals surface area contributed by atoms with Gasteiger partial charge in [0, 0.05) is 33.0 Å². The average molecular weight is 668 g/mol. The summed E-state index contributed by atoms with van der Waals surface area (Å²) in [4.78, 5) is 19.2. The van der Waals surface area contributed by atoms with Crippen molar-refractivity contribution in [2.24, 2.45) is 0 Å². The molecule has 0 aliphatic rings. The second kappa shape index (κ2) is 11.9. The van der Waals surface area contributed by atoms with E-state index in [2.05, 4.69) is 71.7 Å². The van der Waals surface area contributed by atoms with Gasteiger partial charge in [0.25, 0.3) is 0 Å². The summed E-state index contributed by atoms with van der Waals surface area (Å²) in [5.74, 6) is 1.85. The predicted octanol–water partition coefficient (Wildman–Crippen LogP) is 11.3. The van der Waals surface area contributed by atoms with Gasteiger partial charge < -0.3 is 8.83 Å². The highest BCUT2D eigenvalue weighted by molar-refractivity contribution is 6.19. The van der Waals surface area contributed by atoms with Crippen LogP contribution in [0.4, 0.5) is 0 Å². The SMILES string of the molecule is N#Cc1nc2c(o1)c(-c1ccc(-c3ccc(-c4nc(-c5ccccc5)nc(-c5ccccc5)n4)cc3)c3ccccc13)cc1c3ccccc3oc12. The number of hydrogen-bond acceptors (Lipinski definition) is 7. The summed E-state index contributed by atoms with van der Waals surface area (Å²) < 4.78 is 12.3. The summed E-state index contributed by atoms with van der Waals surface area (Å²) in [5.41, 5.74) is 9.13. The summed E-state index contributed by atoms with van der Waals surface area (Å²) >= 11 is 0. The van der Waals surface area contributed by atoms with Crippen molar-refractivity contribution in [2.75, 3.05) is 0 Å². The maximum absolute atomic E-state index is 9.72. The van der Waals surface area contributed by atoms with E-state index in [1.54, 1.807) is 0 Å². The lowest BCUT2D eigenvalue weighted by Gasteiger charge is -2.13. The predicted molar refractivity (Wildman–Crippen MR) is 204 cm³/mol. The number of benzene rings is 7. The average Bonchev–Trinajstić information content (AvgIpc) is 3.83. The lowest BCUT2D eigenvalue weighted by Crippen LogP contribution is -2.00. The normalized spacial score (nSPS) is 11.4. The van der Waals surface area contributed by atoms with E-state index in [9.17, 15) is 5.26 Å². The summed E-state index contributed by atoms with van der Waals surface area (Å²) in [6, 6.07) is 53.0. The van der Waals surface area contributed by atoms with Crippen LogP contribution < -0.4 is 0 Å². The first-order chi connectivity index (χ1) is 25.7. The quantitative estimate of drug-likeness (QED) is 0.180. The standard InChI is InChI=1S/C45H25N5O2/c46-26-39-47-40-41-37(35-17-9-10-18-38(35)51-41)25-36(42(40)52-39)34-24-23-31(32-15-7-8-16-33(32)34)27-19-21-30(22-20-27)45-49-43(28-11-3-1-4-12-28)48-44(50-45)29-13-5-2-6-14-29/h1-25H. The number of nitrogens with zero attached hydrogens (tertiary/aromatic N) is 5. The molecule has 0 spiro atoms. The summed E-state index contributed by atoms with van der Waals surface area (Å²) in [6.45, 7) is 0. The summed E-state index contributed by atoms with van der Waals surface area (Å²) in [6.07, 6.45) is 0. The van der Waals surface area contributed by atoms with Crippen molar-refractivity contribution in [2.45, 2.75) is 0 Å². The van der Waals surface area contributed by atoms with Gasteiger partial charge in [0.15, 0.2) is 40.2 Å². The molecule has 242 valence electrons. The van der Waals surface area contributed by atoms with Gasteiger partial charge in [-0.15, -0.1) is 0 Å². The van der Waals surface area contributed by atoms with Crippen molar-refractivity contribution in [3.63, 3.8) is 0 Å². The zero-order valence-corrected chi connectivity index (χ0v) is 27.5. The fourth-order valence-corrected chi connectivity index (χ4v) is 7.02. The molecule has 0 radical (unpaired) electrons. The Morgan fingerprint density at radius 2 is 0.923 bits per heavy atom. The fraction of sp³-hybridized carbons (Fsp3) is 0. The van der Waals surface area contributed by atoms with E-state index in [4.69, 9.17) is 23.8 Å². The highest BCUT2D eigenvalue weighted by Crippen LogP contribution is 2.43. The van der Waals surface area contributed by atoms with Crippen LogP contribution in [0.1, 0.15) is 5.89 Å². The zero-order chi connectivity index (χ0) is 34.6. The van der Waals surface area contributed by atoms with Crippen LogP contribution in [0.5, 0.6) is 0 Å². The van der Waals surface area contributed by atoms with Crippen LogP contribution in [0.25, 0.3) is 100 Å². The molecule has 0 amide bonds. The summed E-state index contributed by atoms with van der Waals surface area (Å²) in [7, 11) is 0. The third-order valence-electron chi connectivity index (χ3n) is 9.47. The topological polar surface area (TPSA) is 102 Å². The van der Waals surface area contributed by atoms with Crippen LogP contribution >= 0.6 is 0 Å². The minimum absolute atomic E-state index is 0.00447. The monoisotopic (exact) mass is 667 g/mol. The number of furan rings is 1. The molecular formula is C45H25N5O2. The van der Waals surface area contributed by atoms with Gasteiger partial charge in [-0.3, -0.25) is 0 Å². The Hall–Kier alpha value is -7.43. The first-order valence-corrected chi connectivity index (χ1v) is 16.9. The lowest BCUT2D eigenvalue weighted by atomic mass is 9.91. The molecule has 7 aromatic carbocycles. The molecule has 7 heteroatoms. The van der Waals surface area contributed by atoms with Crippen molar-refractivity contribution < 1.29 is 8.83 Å². The van der Waals surface area contributed by atoms with E-state index in [0.717, 1.165) is 66.1 Å². The van der Waals surface area contributed by atoms with Gasteiger partial charge in [0.05, 0.1) is 0 Å². The van der Waals surface area contributed by atoms with Crippen molar-refractivity contribution in [3.8, 4) is 62.5 Å². The molecule has 0 bridgehead atoms. The third-order valence-corrected chi connectivity index (χ3v) is 9.47. The number of aromatic nitrogens is 4. The zero-order valence-electron chi connectivity index (χ0n) is 27.5. The van der Waals surface area contributed by atoms with Crippen LogP contribution in [0.15, 0.2) is 160 Å². The maximum Gasteiger partial charge on any atom is 0.301 e. The molecule has 10 rings (SSSR count). The maximum atomic E-state index is 9.72. The number of nitriles is 1. The molecule has 10 aromatic rings. The lowest BCUT2D eigenvalue weighted by molar-refractivity contribution is 0.585. The number of rotatable bonds is 5. The molecule has 7 nitrogen and oxygen atoms in total. The fourth-order valence-electron chi connectivity index (χ4n) is 7.02. The Labute approximate surface area is 297 Å². The minimum Gasteiger partial charge on any atom is -0.454 e. The van der Waals surface area contributed by atoms with Gasteiger partial charge in [0.1, 0.15) is 5.58 Å². The first-order valence-electron chi connectivity index (χ1n) is 16.9. The van der Waals surface area contributed by atoms with Crippen molar-refractivity contribution in [3.05, 3.63) is 158 Å². The van der Waals surface area contributed by atoms with E-state index in [0.29, 0.717) is 34.2 Å². The second-order valence-electron chi connectivity index (χ2n) is 12.5. The molecule has 0 aliphatic heterocycles. The number of oxazole rings is 1. The van der Waals surface area contributed by atoms with Gasteiger partial charge >= 0.3 is 5.89 Å². The molecule has 0 saturated heterocycles. The number of para-hydroxylation sites is 1. The highest BCUT2D eigenvalue weighted by atomic mass is 16.4. The van der Waals surface area contributed by atoms with E-state index >= 15 is 0 Å². The van der Waals surface area contributed by atoms with Gasteiger partial charge in [0.2, 0.25) is 0 Å². The van der Waals surface area contributed by atoms with E-state index in [1.165, 1.54) is 0 Å². The van der Waals surface area contributed by atoms with Gasteiger partial charge in [-0.25, -0.2) is 15.0 Å². The molecule has 0 N–H and O–H groups in total. The van der Waals surface area contributed by atoms with E-state index < -0.39 is 0 Å². The van der Waals surface area contributed by atoms with Crippen LogP contribution in [0.2, 0.25) is 0 Å². The highest BCUT2D eigenvalue weighted by Gasteiger charge is 2.22. The molecule has 0 atom stereocenters. The third kappa shape index (κ3) is 4.82. The molecule has 52 heavy (non-hydrogen) atoms. The van der Waals surface area contributed by atoms with Crippen LogP contribution in [-0.4, -0.2) is 19.9 Å². The van der Waals surface area contributed by atoms with Gasteiger partial charge in [-0.2, -0.15) is 10.2 Å². The molecular weight excluding hydrogens is 643 g/mol. The smallest absolute Gasteiger partial charge is 0.301 e. The van der Waals surface area contributed by atoms with E-state index in [1.807, 2.05) is 91.0 Å². The molecule has 0 saturated carbocycles. The minimum atomic E-state index is -0.00447. The molecule has 3 heterocycles. The number of hydrogen-bond donors (Lipinski definition) is 0. The van der Waals surface area contributed by atoms with E-state index in [-0.39, 0.29) is 5.89 Å². The van der Waals surface area contributed by atoms with Crippen molar-refractivity contribution >= 4 is 43.8 Å².